The van der Waals surface area contributed by atoms with Crippen LogP contribution in [0.5, 0.6) is 0 Å². The van der Waals surface area contributed by atoms with Crippen LogP contribution in [0, 0.1) is 0 Å². The highest BCUT2D eigenvalue weighted by atomic mass is 16.2. The van der Waals surface area contributed by atoms with Crippen molar-refractivity contribution in [3.05, 3.63) is 17.5 Å². The molecule has 0 radical (unpaired) electrons. The summed E-state index contributed by atoms with van der Waals surface area (Å²) >= 11 is 0. The maximum atomic E-state index is 12.5. The van der Waals surface area contributed by atoms with E-state index in [1.165, 1.54) is 0 Å². The van der Waals surface area contributed by atoms with Crippen molar-refractivity contribution in [3.8, 4) is 0 Å². The SMILES string of the molecule is CC(NC(=O)c1cc(C(C)C)n(C(C)(C)C)n1)C(=O)NC(C)(C)C. The summed E-state index contributed by atoms with van der Waals surface area (Å²) in [5.74, 6) is -0.300. The van der Waals surface area contributed by atoms with E-state index in [0.29, 0.717) is 5.69 Å². The molecule has 0 aliphatic heterocycles. The van der Waals surface area contributed by atoms with Crippen LogP contribution in [0.3, 0.4) is 0 Å². The van der Waals surface area contributed by atoms with E-state index in [1.807, 2.05) is 46.2 Å². The molecule has 0 saturated carbocycles. The van der Waals surface area contributed by atoms with E-state index in [-0.39, 0.29) is 28.8 Å². The monoisotopic (exact) mass is 336 g/mol. The second-order valence-electron chi connectivity index (χ2n) is 8.63. The van der Waals surface area contributed by atoms with Gasteiger partial charge in [0.15, 0.2) is 0 Å². The molecule has 0 bridgehead atoms. The van der Waals surface area contributed by atoms with Gasteiger partial charge in [0.05, 0.1) is 5.54 Å². The second-order valence-corrected chi connectivity index (χ2v) is 8.63. The van der Waals surface area contributed by atoms with Crippen molar-refractivity contribution in [2.45, 2.75) is 85.4 Å². The van der Waals surface area contributed by atoms with E-state index in [2.05, 4.69) is 29.6 Å². The molecule has 0 aromatic carbocycles. The lowest BCUT2D eigenvalue weighted by Crippen LogP contribution is -2.50. The van der Waals surface area contributed by atoms with Gasteiger partial charge in [-0.25, -0.2) is 0 Å². The van der Waals surface area contributed by atoms with Crippen LogP contribution in [0.25, 0.3) is 0 Å². The lowest BCUT2D eigenvalue weighted by Gasteiger charge is -2.24. The maximum Gasteiger partial charge on any atom is 0.272 e. The van der Waals surface area contributed by atoms with Gasteiger partial charge in [-0.15, -0.1) is 0 Å². The fourth-order valence-electron chi connectivity index (χ4n) is 2.27. The van der Waals surface area contributed by atoms with E-state index < -0.39 is 6.04 Å². The predicted octanol–water partition coefficient (Wildman–Crippen LogP) is 2.79. The summed E-state index contributed by atoms with van der Waals surface area (Å²) < 4.78 is 1.88. The molecule has 0 aliphatic rings. The zero-order valence-corrected chi connectivity index (χ0v) is 16.4. The highest BCUT2D eigenvalue weighted by Crippen LogP contribution is 2.23. The molecule has 1 unspecified atom stereocenters. The van der Waals surface area contributed by atoms with Gasteiger partial charge in [-0.1, -0.05) is 13.8 Å². The van der Waals surface area contributed by atoms with Crippen molar-refractivity contribution >= 4 is 11.8 Å². The molecule has 6 heteroatoms. The van der Waals surface area contributed by atoms with Gasteiger partial charge in [-0.3, -0.25) is 14.3 Å². The van der Waals surface area contributed by atoms with Crippen LogP contribution in [-0.2, 0) is 10.3 Å². The average molecular weight is 336 g/mol. The first-order chi connectivity index (χ1) is 10.7. The van der Waals surface area contributed by atoms with Crippen LogP contribution in [0.4, 0.5) is 0 Å². The summed E-state index contributed by atoms with van der Waals surface area (Å²) in [6, 6.07) is 1.18. The molecular formula is C18H32N4O2. The lowest BCUT2D eigenvalue weighted by molar-refractivity contribution is -0.124. The molecule has 1 aromatic rings. The highest BCUT2D eigenvalue weighted by molar-refractivity contribution is 5.96. The van der Waals surface area contributed by atoms with Gasteiger partial charge < -0.3 is 10.6 Å². The van der Waals surface area contributed by atoms with Crippen molar-refractivity contribution in [1.29, 1.82) is 0 Å². The molecule has 1 atom stereocenters. The molecule has 6 nitrogen and oxygen atoms in total. The average Bonchev–Trinajstić information content (AvgIpc) is 2.81. The summed E-state index contributed by atoms with van der Waals surface area (Å²) in [4.78, 5) is 24.6. The number of aromatic nitrogens is 2. The number of hydrogen-bond donors (Lipinski definition) is 2. The molecular weight excluding hydrogens is 304 g/mol. The molecule has 2 N–H and O–H groups in total. The predicted molar refractivity (Wildman–Crippen MR) is 96.1 cm³/mol. The van der Waals surface area contributed by atoms with Crippen molar-refractivity contribution in [1.82, 2.24) is 20.4 Å². The van der Waals surface area contributed by atoms with Gasteiger partial charge in [0.1, 0.15) is 11.7 Å². The number of hydrogen-bond acceptors (Lipinski definition) is 3. The number of nitrogens with zero attached hydrogens (tertiary/aromatic N) is 2. The molecule has 1 rings (SSSR count). The fourth-order valence-corrected chi connectivity index (χ4v) is 2.27. The number of carbonyl (C=O) groups is 2. The maximum absolute atomic E-state index is 12.5. The Hall–Kier alpha value is -1.85. The number of nitrogens with one attached hydrogen (secondary N) is 2. The van der Waals surface area contributed by atoms with E-state index in [1.54, 1.807) is 13.0 Å². The minimum absolute atomic E-state index is 0.213. The van der Waals surface area contributed by atoms with Crippen LogP contribution in [-0.4, -0.2) is 33.2 Å². The molecule has 0 spiro atoms. The Morgan fingerprint density at radius 3 is 2.00 bits per heavy atom. The Bertz CT molecular complexity index is 604. The van der Waals surface area contributed by atoms with Gasteiger partial charge in [0.2, 0.25) is 5.91 Å². The van der Waals surface area contributed by atoms with Gasteiger partial charge >= 0.3 is 0 Å². The van der Waals surface area contributed by atoms with E-state index in [4.69, 9.17) is 0 Å². The summed E-state index contributed by atoms with van der Waals surface area (Å²) in [5.41, 5.74) is 0.783. The third kappa shape index (κ3) is 5.35. The Morgan fingerprint density at radius 1 is 1.08 bits per heavy atom. The summed E-state index contributed by atoms with van der Waals surface area (Å²) in [6.07, 6.45) is 0. The Kier molecular flexibility index (Phi) is 5.85. The molecule has 0 fully saturated rings. The zero-order chi connectivity index (χ0) is 18.9. The summed E-state index contributed by atoms with van der Waals surface area (Å²) in [6.45, 7) is 17.7. The first-order valence-electron chi connectivity index (χ1n) is 8.45. The minimum atomic E-state index is -0.626. The Morgan fingerprint density at radius 2 is 1.62 bits per heavy atom. The molecule has 2 amide bonds. The zero-order valence-electron chi connectivity index (χ0n) is 16.4. The van der Waals surface area contributed by atoms with Gasteiger partial charge in [-0.05, 0) is 60.5 Å². The van der Waals surface area contributed by atoms with Crippen molar-refractivity contribution < 1.29 is 9.59 Å². The molecule has 1 heterocycles. The van der Waals surface area contributed by atoms with Crippen molar-refractivity contribution in [3.63, 3.8) is 0 Å². The topological polar surface area (TPSA) is 76.0 Å². The third-order valence-electron chi connectivity index (χ3n) is 3.44. The fraction of sp³-hybridized carbons (Fsp3) is 0.722. The quantitative estimate of drug-likeness (QED) is 0.887. The Labute approximate surface area is 145 Å². The van der Waals surface area contributed by atoms with Crippen LogP contribution < -0.4 is 10.6 Å². The molecule has 1 aromatic heterocycles. The summed E-state index contributed by atoms with van der Waals surface area (Å²) in [5, 5.41) is 10.0. The number of rotatable bonds is 4. The highest BCUT2D eigenvalue weighted by Gasteiger charge is 2.26. The van der Waals surface area contributed by atoms with E-state index >= 15 is 0 Å². The van der Waals surface area contributed by atoms with Crippen molar-refractivity contribution in [2.75, 3.05) is 0 Å². The van der Waals surface area contributed by atoms with Crippen LogP contribution in [0.2, 0.25) is 0 Å². The van der Waals surface area contributed by atoms with Gasteiger partial charge in [0, 0.05) is 11.2 Å². The largest absolute Gasteiger partial charge is 0.350 e. The smallest absolute Gasteiger partial charge is 0.272 e. The van der Waals surface area contributed by atoms with Crippen LogP contribution >= 0.6 is 0 Å². The first-order valence-corrected chi connectivity index (χ1v) is 8.45. The van der Waals surface area contributed by atoms with Gasteiger partial charge in [0.25, 0.3) is 5.91 Å². The van der Waals surface area contributed by atoms with E-state index in [0.717, 1.165) is 5.69 Å². The molecule has 136 valence electrons. The standard InChI is InChI=1S/C18H32N4O2/c1-11(2)14-10-13(21-22(14)18(7,8)9)16(24)19-12(3)15(23)20-17(4,5)6/h10-12H,1-9H3,(H,19,24)(H,20,23). The van der Waals surface area contributed by atoms with Crippen molar-refractivity contribution in [2.24, 2.45) is 0 Å². The van der Waals surface area contributed by atoms with Gasteiger partial charge in [-0.2, -0.15) is 5.10 Å². The van der Waals surface area contributed by atoms with Crippen LogP contribution in [0.15, 0.2) is 6.07 Å². The summed E-state index contributed by atoms with van der Waals surface area (Å²) in [7, 11) is 0. The molecule has 0 aliphatic carbocycles. The van der Waals surface area contributed by atoms with Crippen LogP contribution in [0.1, 0.15) is 84.4 Å². The number of amides is 2. The van der Waals surface area contributed by atoms with E-state index in [9.17, 15) is 9.59 Å². The normalized spacial score (nSPS) is 13.8. The first kappa shape index (κ1) is 20.2. The second kappa shape index (κ2) is 6.95. The third-order valence-corrected chi connectivity index (χ3v) is 3.44. The number of carbonyl (C=O) groups excluding carboxylic acids is 2. The molecule has 24 heavy (non-hydrogen) atoms. The lowest BCUT2D eigenvalue weighted by atomic mass is 10.1. The molecule has 0 saturated heterocycles. The Balaban J connectivity index is 2.95. The minimum Gasteiger partial charge on any atom is -0.350 e.